The minimum Gasteiger partial charge on any atom is -0.494 e. The summed E-state index contributed by atoms with van der Waals surface area (Å²) in [6.07, 6.45) is 4.37. The fourth-order valence-corrected chi connectivity index (χ4v) is 12.4. The van der Waals surface area contributed by atoms with E-state index in [4.69, 9.17) is 20.2 Å². The Balaban J connectivity index is 0.000000151. The third kappa shape index (κ3) is 16.2. The van der Waals surface area contributed by atoms with E-state index in [-0.39, 0.29) is 20.2 Å². The number of nitrogens with two attached hydrogens (primary N) is 3. The normalized spacial score (nSPS) is 12.2. The third-order valence-corrected chi connectivity index (χ3v) is 17.6. The summed E-state index contributed by atoms with van der Waals surface area (Å²) >= 11 is 0. The first kappa shape index (κ1) is 65.1. The minimum absolute atomic E-state index is 0.0967. The monoisotopic (exact) mass is 1300 g/mol. The molecular formula is C69H61F4N9O7S3. The number of alkyl halides is 3. The van der Waals surface area contributed by atoms with E-state index in [1.807, 2.05) is 79.7 Å². The van der Waals surface area contributed by atoms with E-state index >= 15 is 0 Å². The molecule has 92 heavy (non-hydrogen) atoms. The van der Waals surface area contributed by atoms with E-state index in [1.165, 1.54) is 35.4 Å². The van der Waals surface area contributed by atoms with Crippen molar-refractivity contribution in [3.8, 4) is 39.1 Å². The number of aromatic nitrogens is 6. The average molecular weight is 1300 g/mol. The van der Waals surface area contributed by atoms with E-state index in [9.17, 15) is 42.8 Å². The summed E-state index contributed by atoms with van der Waals surface area (Å²) in [5, 5.41) is 16.0. The first-order valence-corrected chi connectivity index (χ1v) is 33.3. The van der Waals surface area contributed by atoms with Crippen LogP contribution in [-0.2, 0) is 49.1 Å². The van der Waals surface area contributed by atoms with Crippen molar-refractivity contribution in [2.45, 2.75) is 60.4 Å². The van der Waals surface area contributed by atoms with E-state index in [0.717, 1.165) is 93.5 Å². The molecule has 23 heteroatoms. The maximum atomic E-state index is 13.8. The smallest absolute Gasteiger partial charge is 0.416 e. The first-order chi connectivity index (χ1) is 43.7. The molecule has 0 fully saturated rings. The highest BCUT2D eigenvalue weighted by Crippen LogP contribution is 2.34. The van der Waals surface area contributed by atoms with Gasteiger partial charge in [0.1, 0.15) is 29.0 Å². The molecule has 0 spiro atoms. The summed E-state index contributed by atoms with van der Waals surface area (Å²) in [5.74, 6) is 2.81. The number of sulfonamides is 3. The maximum Gasteiger partial charge on any atom is 0.416 e. The predicted octanol–water partition coefficient (Wildman–Crippen LogP) is 14.4. The van der Waals surface area contributed by atoms with Crippen LogP contribution < -0.4 is 20.2 Å². The number of rotatable bonds is 16. The molecule has 0 aliphatic rings. The summed E-state index contributed by atoms with van der Waals surface area (Å²) in [5.41, 5.74) is 11.1. The summed E-state index contributed by atoms with van der Waals surface area (Å²) < 4.78 is 129. The van der Waals surface area contributed by atoms with Crippen molar-refractivity contribution in [3.05, 3.63) is 245 Å². The van der Waals surface area contributed by atoms with Gasteiger partial charge in [0.25, 0.3) is 0 Å². The molecule has 9 aromatic carbocycles. The number of benzene rings is 9. The first-order valence-electron chi connectivity index (χ1n) is 28.7. The lowest BCUT2D eigenvalue weighted by Gasteiger charge is -2.08. The fraction of sp³-hybridized carbons (Fsp3) is 0.116. The van der Waals surface area contributed by atoms with Crippen LogP contribution in [0.15, 0.2) is 209 Å². The number of imidazole rings is 3. The van der Waals surface area contributed by atoms with Gasteiger partial charge in [0, 0.05) is 23.1 Å². The minimum atomic E-state index is -4.40. The number of aromatic amines is 3. The topological polar surface area (TPSA) is 276 Å². The van der Waals surface area contributed by atoms with Crippen molar-refractivity contribution < 1.29 is 47.6 Å². The van der Waals surface area contributed by atoms with Crippen LogP contribution >= 0.6 is 0 Å². The number of aryl methyl sites for hydroxylation is 2. The van der Waals surface area contributed by atoms with Gasteiger partial charge in [-0.1, -0.05) is 129 Å². The summed E-state index contributed by atoms with van der Waals surface area (Å²) in [4.78, 5) is 23.3. The number of fused-ring (bicyclic) bond motifs is 3. The molecule has 9 N–H and O–H groups in total. The van der Waals surface area contributed by atoms with Crippen molar-refractivity contribution in [2.75, 3.05) is 6.61 Å². The Kier molecular flexibility index (Phi) is 19.3. The molecule has 0 atom stereocenters. The molecule has 0 bridgehead atoms. The Bertz CT molecular complexity index is 5070. The molecule has 0 saturated heterocycles. The second kappa shape index (κ2) is 27.3. The van der Waals surface area contributed by atoms with Crippen LogP contribution in [-0.4, -0.2) is 61.8 Å². The van der Waals surface area contributed by atoms with Gasteiger partial charge in [-0.3, -0.25) is 0 Å². The largest absolute Gasteiger partial charge is 0.494 e. The van der Waals surface area contributed by atoms with Gasteiger partial charge in [-0.2, -0.15) is 13.2 Å². The van der Waals surface area contributed by atoms with Crippen LogP contribution in [0.1, 0.15) is 72.0 Å². The van der Waals surface area contributed by atoms with Crippen molar-refractivity contribution in [3.63, 3.8) is 0 Å². The van der Waals surface area contributed by atoms with Gasteiger partial charge >= 0.3 is 6.18 Å². The lowest BCUT2D eigenvalue weighted by atomic mass is 10.0. The van der Waals surface area contributed by atoms with E-state index in [2.05, 4.69) is 68.0 Å². The van der Waals surface area contributed by atoms with Crippen LogP contribution in [0.3, 0.4) is 0 Å². The second-order valence-electron chi connectivity index (χ2n) is 21.6. The number of ether oxygens (including phenoxy) is 1. The maximum absolute atomic E-state index is 13.8. The molecule has 0 unspecified atom stereocenters. The lowest BCUT2D eigenvalue weighted by Crippen LogP contribution is -2.13. The van der Waals surface area contributed by atoms with Crippen molar-refractivity contribution in [1.29, 1.82) is 0 Å². The molecule has 16 nitrogen and oxygen atoms in total. The highest BCUT2D eigenvalue weighted by atomic mass is 32.2. The molecule has 12 rings (SSSR count). The standard InChI is InChI=1S/C24H25N3O2S.C23H21N3O3S.C22H15F4N3O2S/c1-16(2)18-10-7-17(8-11-18)9-14-24-26-21-13-12-19(15-22(21)27-24)20-5-3-4-6-23(20)30(25,28)29;1-2-29-18-11-7-16(8-12-18)9-14-23-25-20-13-10-17(15-21(20)26-23)19-5-3-4-6-22(19)30(24,27)28;23-16-7-9-20(32(27,30)31)17(12-16)14-4-8-18-19(11-14)29-21(28-18)10-3-13-1-5-15(6-2-13)22(24,25)26/h3-8,10-13,15-16H,9,14H2,1-2H3,(H,26,27)(H2,25,28,29);3-15H,2H2,1H3,(H,25,26)(H2,24,27,28);1-12H,(H,28,29)(H2,27,30,31)/b;14-9+;10-3+. The number of H-pyrrole nitrogens is 3. The van der Waals surface area contributed by atoms with Crippen LogP contribution in [0.4, 0.5) is 17.6 Å². The van der Waals surface area contributed by atoms with Gasteiger partial charge < -0.3 is 19.7 Å². The number of nitrogens with zero attached hydrogens (tertiary/aromatic N) is 3. The zero-order valence-corrected chi connectivity index (χ0v) is 52.1. The molecule has 0 saturated carbocycles. The molecule has 3 heterocycles. The molecule has 0 aliphatic heterocycles. The SMILES string of the molecule is CC(C)c1ccc(CCc2nc3ccc(-c4ccccc4S(N)(=O)=O)cc3[nH]2)cc1.CCOc1ccc(/C=C/c2nc3ccc(-c4ccccc4S(N)(=O)=O)cc3[nH]2)cc1.NS(=O)(=O)c1ccc(F)cc1-c1ccc2nc(/C=C/c3ccc(C(F)(F)F)cc3)[nH]c2c1. The second-order valence-corrected chi connectivity index (χ2v) is 26.2. The molecule has 0 amide bonds. The van der Waals surface area contributed by atoms with Crippen molar-refractivity contribution in [2.24, 2.45) is 15.4 Å². The number of primary sulfonamides is 3. The highest BCUT2D eigenvalue weighted by Gasteiger charge is 2.30. The molecule has 470 valence electrons. The van der Waals surface area contributed by atoms with E-state index in [0.29, 0.717) is 57.5 Å². The van der Waals surface area contributed by atoms with Crippen LogP contribution in [0.5, 0.6) is 5.75 Å². The third-order valence-electron chi connectivity index (χ3n) is 14.7. The number of nitrogens with one attached hydrogen (secondary N) is 3. The summed E-state index contributed by atoms with van der Waals surface area (Å²) in [7, 11) is -11.7. The zero-order valence-electron chi connectivity index (χ0n) is 49.7. The molecule has 0 radical (unpaired) electrons. The Morgan fingerprint density at radius 3 is 1.40 bits per heavy atom. The number of hydrogen-bond donors (Lipinski definition) is 6. The van der Waals surface area contributed by atoms with Gasteiger partial charge in [0.15, 0.2) is 0 Å². The average Bonchev–Trinajstić information content (AvgIpc) is 1.40. The predicted molar refractivity (Wildman–Crippen MR) is 354 cm³/mol. The summed E-state index contributed by atoms with van der Waals surface area (Å²) in [6.45, 7) is 6.98. The van der Waals surface area contributed by atoms with Crippen LogP contribution in [0.2, 0.25) is 0 Å². The Hall–Kier alpha value is -9.88. The Morgan fingerprint density at radius 1 is 0.489 bits per heavy atom. The number of halogens is 4. The summed E-state index contributed by atoms with van der Waals surface area (Å²) in [6, 6.07) is 54.0. The van der Waals surface area contributed by atoms with Crippen molar-refractivity contribution >= 4 is 87.5 Å². The van der Waals surface area contributed by atoms with Gasteiger partial charge in [0.2, 0.25) is 30.1 Å². The van der Waals surface area contributed by atoms with E-state index < -0.39 is 47.6 Å². The zero-order chi connectivity index (χ0) is 65.5. The quantitative estimate of drug-likeness (QED) is 0.0498. The fourth-order valence-electron chi connectivity index (χ4n) is 10.1. The van der Waals surface area contributed by atoms with E-state index in [1.54, 1.807) is 66.7 Å². The number of hydrogen-bond acceptors (Lipinski definition) is 10. The van der Waals surface area contributed by atoms with Gasteiger partial charge in [-0.05, 0) is 161 Å². The molecule has 3 aromatic heterocycles. The molecular weight excluding hydrogens is 1240 g/mol. The van der Waals surface area contributed by atoms with Gasteiger partial charge in [0.05, 0.1) is 60.0 Å². The van der Waals surface area contributed by atoms with Crippen LogP contribution in [0, 0.1) is 5.82 Å². The Labute approximate surface area is 528 Å². The highest BCUT2D eigenvalue weighted by molar-refractivity contribution is 7.89. The van der Waals surface area contributed by atoms with Gasteiger partial charge in [-0.25, -0.2) is 60.0 Å². The van der Waals surface area contributed by atoms with Crippen molar-refractivity contribution in [1.82, 2.24) is 29.9 Å². The van der Waals surface area contributed by atoms with Gasteiger partial charge in [-0.15, -0.1) is 0 Å². The van der Waals surface area contributed by atoms with Crippen LogP contribution in [0.25, 0.3) is 90.8 Å². The molecule has 12 aromatic rings. The lowest BCUT2D eigenvalue weighted by molar-refractivity contribution is -0.137. The Morgan fingerprint density at radius 2 is 0.935 bits per heavy atom. The molecule has 0 aliphatic carbocycles.